The molecule has 0 aliphatic carbocycles. The first-order valence-electron chi connectivity index (χ1n) is 3.59. The van der Waals surface area contributed by atoms with E-state index in [1.807, 2.05) is 0 Å². The van der Waals surface area contributed by atoms with Crippen LogP contribution < -0.4 is 0 Å². The molecule has 0 saturated carbocycles. The van der Waals surface area contributed by atoms with Crippen molar-refractivity contribution in [3.63, 3.8) is 0 Å². The zero-order valence-electron chi connectivity index (χ0n) is 6.77. The van der Waals surface area contributed by atoms with Gasteiger partial charge in [-0.05, 0) is 0 Å². The number of hydrogen-bond acceptors (Lipinski definition) is 5. The molecule has 2 atom stereocenters. The summed E-state index contributed by atoms with van der Waals surface area (Å²) in [4.78, 5) is 20.8. The van der Waals surface area contributed by atoms with Gasteiger partial charge in [0.15, 0.2) is 12.4 Å². The molecule has 0 spiro atoms. The van der Waals surface area contributed by atoms with Crippen molar-refractivity contribution in [2.45, 2.75) is 25.6 Å². The second-order valence-corrected chi connectivity index (χ2v) is 2.19. The van der Waals surface area contributed by atoms with E-state index >= 15 is 0 Å². The smallest absolute Gasteiger partial charge is 0.306 e. The first-order valence-corrected chi connectivity index (χ1v) is 3.59. The van der Waals surface area contributed by atoms with Crippen molar-refractivity contribution in [3.05, 3.63) is 0 Å². The largest absolute Gasteiger partial charge is 0.452 e. The summed E-state index contributed by atoms with van der Waals surface area (Å²) < 4.78 is 4.48. The Morgan fingerprint density at radius 3 is 2.58 bits per heavy atom. The summed E-state index contributed by atoms with van der Waals surface area (Å²) in [5.74, 6) is -0.584. The molecule has 0 aromatic rings. The van der Waals surface area contributed by atoms with E-state index in [-0.39, 0.29) is 12.7 Å². The predicted octanol–water partition coefficient (Wildman–Crippen LogP) is -1.14. The number of aliphatic hydroxyl groups is 2. The van der Waals surface area contributed by atoms with Crippen molar-refractivity contribution in [2.75, 3.05) is 6.61 Å². The maximum absolute atomic E-state index is 10.6. The van der Waals surface area contributed by atoms with Crippen molar-refractivity contribution in [1.82, 2.24) is 0 Å². The van der Waals surface area contributed by atoms with Gasteiger partial charge < -0.3 is 14.9 Å². The van der Waals surface area contributed by atoms with Gasteiger partial charge in [-0.1, -0.05) is 6.92 Å². The molecule has 0 aromatic carbocycles. The summed E-state index contributed by atoms with van der Waals surface area (Å²) in [6.45, 7) is 0.954. The highest BCUT2D eigenvalue weighted by atomic mass is 16.6. The summed E-state index contributed by atoms with van der Waals surface area (Å²) >= 11 is 0. The molecule has 2 unspecified atom stereocenters. The quantitative estimate of drug-likeness (QED) is 0.408. The van der Waals surface area contributed by atoms with Gasteiger partial charge in [0.1, 0.15) is 6.10 Å². The Morgan fingerprint density at radius 1 is 1.67 bits per heavy atom. The third-order valence-corrected chi connectivity index (χ3v) is 1.26. The second-order valence-electron chi connectivity index (χ2n) is 2.19. The standard InChI is InChI=1S/C7H12O5/c1-2-7(11)12-6(4-9)5(10)3-8/h4-6,8,10H,2-3H2,1H3. The van der Waals surface area contributed by atoms with Gasteiger partial charge in [-0.15, -0.1) is 0 Å². The van der Waals surface area contributed by atoms with Crippen molar-refractivity contribution >= 4 is 12.3 Å². The summed E-state index contributed by atoms with van der Waals surface area (Å²) in [5.41, 5.74) is 0. The van der Waals surface area contributed by atoms with E-state index in [1.54, 1.807) is 6.92 Å². The summed E-state index contributed by atoms with van der Waals surface area (Å²) in [7, 11) is 0. The van der Waals surface area contributed by atoms with E-state index < -0.39 is 24.8 Å². The highest BCUT2D eigenvalue weighted by Crippen LogP contribution is 1.98. The lowest BCUT2D eigenvalue weighted by Gasteiger charge is -2.15. The fourth-order valence-corrected chi connectivity index (χ4v) is 0.536. The molecule has 0 radical (unpaired) electrons. The van der Waals surface area contributed by atoms with Crippen LogP contribution in [0.25, 0.3) is 0 Å². The number of esters is 1. The Hall–Kier alpha value is -0.940. The number of ether oxygens (including phenoxy) is 1. The van der Waals surface area contributed by atoms with Crippen molar-refractivity contribution in [1.29, 1.82) is 0 Å². The van der Waals surface area contributed by atoms with Crippen LogP contribution in [-0.2, 0) is 14.3 Å². The topological polar surface area (TPSA) is 83.8 Å². The van der Waals surface area contributed by atoms with Crippen LogP contribution in [0.15, 0.2) is 0 Å². The molecule has 0 aliphatic rings. The number of rotatable bonds is 5. The number of hydrogen-bond donors (Lipinski definition) is 2. The lowest BCUT2D eigenvalue weighted by Crippen LogP contribution is -2.35. The van der Waals surface area contributed by atoms with Gasteiger partial charge in [0, 0.05) is 6.42 Å². The molecule has 0 rings (SSSR count). The zero-order valence-corrected chi connectivity index (χ0v) is 6.77. The van der Waals surface area contributed by atoms with Gasteiger partial charge in [-0.25, -0.2) is 0 Å². The van der Waals surface area contributed by atoms with Gasteiger partial charge in [0.2, 0.25) is 0 Å². The van der Waals surface area contributed by atoms with E-state index in [4.69, 9.17) is 10.2 Å². The fraction of sp³-hybridized carbons (Fsp3) is 0.714. The molecule has 0 heterocycles. The van der Waals surface area contributed by atoms with E-state index in [9.17, 15) is 9.59 Å². The average molecular weight is 176 g/mol. The molecule has 0 bridgehead atoms. The first kappa shape index (κ1) is 11.1. The maximum Gasteiger partial charge on any atom is 0.306 e. The molecule has 5 heteroatoms. The highest BCUT2D eigenvalue weighted by Gasteiger charge is 2.20. The minimum absolute atomic E-state index is 0.127. The van der Waals surface area contributed by atoms with Crippen LogP contribution in [0.1, 0.15) is 13.3 Å². The molecular formula is C7H12O5. The Bertz CT molecular complexity index is 156. The normalized spacial score (nSPS) is 14.9. The fourth-order valence-electron chi connectivity index (χ4n) is 0.536. The molecular weight excluding hydrogens is 164 g/mol. The van der Waals surface area contributed by atoms with Crippen LogP contribution >= 0.6 is 0 Å². The number of aldehydes is 1. The number of aliphatic hydroxyl groups excluding tert-OH is 2. The van der Waals surface area contributed by atoms with Gasteiger partial charge >= 0.3 is 5.97 Å². The Balaban J connectivity index is 3.98. The highest BCUT2D eigenvalue weighted by molar-refractivity contribution is 5.72. The van der Waals surface area contributed by atoms with Crippen LogP contribution in [0.3, 0.4) is 0 Å². The van der Waals surface area contributed by atoms with E-state index in [0.717, 1.165) is 0 Å². The van der Waals surface area contributed by atoms with Gasteiger partial charge in [0.25, 0.3) is 0 Å². The summed E-state index contributed by atoms with van der Waals surface area (Å²) in [6, 6.07) is 0. The monoisotopic (exact) mass is 176 g/mol. The predicted molar refractivity (Wildman–Crippen MR) is 39.3 cm³/mol. The molecule has 5 nitrogen and oxygen atoms in total. The minimum Gasteiger partial charge on any atom is -0.452 e. The second kappa shape index (κ2) is 5.68. The Labute approximate surface area is 70.0 Å². The van der Waals surface area contributed by atoms with Gasteiger partial charge in [-0.3, -0.25) is 9.59 Å². The summed E-state index contributed by atoms with van der Waals surface area (Å²) in [6.07, 6.45) is -2.18. The van der Waals surface area contributed by atoms with Crippen LogP contribution in [-0.4, -0.2) is 41.3 Å². The van der Waals surface area contributed by atoms with Crippen molar-refractivity contribution in [2.24, 2.45) is 0 Å². The zero-order chi connectivity index (χ0) is 9.56. The van der Waals surface area contributed by atoms with Gasteiger partial charge in [-0.2, -0.15) is 0 Å². The SMILES string of the molecule is CCC(=O)OC(C=O)C(O)CO. The third kappa shape index (κ3) is 3.45. The molecule has 70 valence electrons. The average Bonchev–Trinajstić information content (AvgIpc) is 2.12. The van der Waals surface area contributed by atoms with E-state index in [1.165, 1.54) is 0 Å². The van der Waals surface area contributed by atoms with E-state index in [2.05, 4.69) is 4.74 Å². The van der Waals surface area contributed by atoms with Gasteiger partial charge in [0.05, 0.1) is 6.61 Å². The molecule has 0 saturated heterocycles. The van der Waals surface area contributed by atoms with Crippen LogP contribution in [0.4, 0.5) is 0 Å². The Kier molecular flexibility index (Phi) is 5.23. The molecule has 12 heavy (non-hydrogen) atoms. The third-order valence-electron chi connectivity index (χ3n) is 1.26. The molecule has 2 N–H and O–H groups in total. The van der Waals surface area contributed by atoms with E-state index in [0.29, 0.717) is 0 Å². The van der Waals surface area contributed by atoms with Crippen LogP contribution in [0.5, 0.6) is 0 Å². The first-order chi connectivity index (χ1) is 5.65. The number of carbonyl (C=O) groups excluding carboxylic acids is 2. The van der Waals surface area contributed by atoms with Crippen LogP contribution in [0, 0.1) is 0 Å². The molecule has 0 aromatic heterocycles. The molecule has 0 aliphatic heterocycles. The van der Waals surface area contributed by atoms with Crippen molar-refractivity contribution in [3.8, 4) is 0 Å². The van der Waals surface area contributed by atoms with Crippen LogP contribution in [0.2, 0.25) is 0 Å². The molecule has 0 fully saturated rings. The lowest BCUT2D eigenvalue weighted by atomic mass is 10.2. The lowest BCUT2D eigenvalue weighted by molar-refractivity contribution is -0.158. The number of carbonyl (C=O) groups is 2. The Morgan fingerprint density at radius 2 is 2.25 bits per heavy atom. The summed E-state index contributed by atoms with van der Waals surface area (Å²) in [5, 5.41) is 17.3. The minimum atomic E-state index is -1.34. The maximum atomic E-state index is 10.6. The molecule has 0 amide bonds. The van der Waals surface area contributed by atoms with Crippen molar-refractivity contribution < 1.29 is 24.5 Å².